The Kier molecular flexibility index (Phi) is 3.61. The van der Waals surface area contributed by atoms with Crippen molar-refractivity contribution in [3.05, 3.63) is 65.7 Å². The standard InChI is InChI=1S/C17H14O2S/c1-20-14-8-6-12(7-9-14)17-10-13(11-18)15-4-2-3-5-16(15)19-17/h2-11,13H,1H3. The predicted molar refractivity (Wildman–Crippen MR) is 82.1 cm³/mol. The minimum absolute atomic E-state index is 0.241. The summed E-state index contributed by atoms with van der Waals surface area (Å²) >= 11 is 1.70. The van der Waals surface area contributed by atoms with Crippen molar-refractivity contribution in [2.75, 3.05) is 6.26 Å². The highest BCUT2D eigenvalue weighted by Crippen LogP contribution is 2.36. The van der Waals surface area contributed by atoms with Gasteiger partial charge < -0.3 is 9.53 Å². The topological polar surface area (TPSA) is 26.3 Å². The van der Waals surface area contributed by atoms with E-state index in [-0.39, 0.29) is 5.92 Å². The van der Waals surface area contributed by atoms with Crippen LogP contribution in [0.2, 0.25) is 0 Å². The van der Waals surface area contributed by atoms with Crippen LogP contribution in [0.1, 0.15) is 17.0 Å². The molecular weight excluding hydrogens is 268 g/mol. The second-order valence-corrected chi connectivity index (χ2v) is 5.44. The maximum Gasteiger partial charge on any atom is 0.131 e. The molecule has 20 heavy (non-hydrogen) atoms. The van der Waals surface area contributed by atoms with Crippen LogP contribution >= 0.6 is 11.8 Å². The van der Waals surface area contributed by atoms with E-state index >= 15 is 0 Å². The quantitative estimate of drug-likeness (QED) is 0.625. The minimum atomic E-state index is -0.241. The van der Waals surface area contributed by atoms with Crippen LogP contribution < -0.4 is 4.74 Å². The average Bonchev–Trinajstić information content (AvgIpc) is 2.54. The summed E-state index contributed by atoms with van der Waals surface area (Å²) in [6, 6.07) is 15.8. The van der Waals surface area contributed by atoms with Crippen molar-refractivity contribution < 1.29 is 9.53 Å². The second kappa shape index (κ2) is 5.55. The van der Waals surface area contributed by atoms with E-state index in [1.165, 1.54) is 4.90 Å². The fourth-order valence-electron chi connectivity index (χ4n) is 2.28. The van der Waals surface area contributed by atoms with E-state index in [4.69, 9.17) is 4.74 Å². The number of para-hydroxylation sites is 1. The number of ether oxygens (including phenoxy) is 1. The fraction of sp³-hybridized carbons (Fsp3) is 0.118. The van der Waals surface area contributed by atoms with Crippen LogP contribution in [-0.4, -0.2) is 12.5 Å². The molecule has 3 heteroatoms. The molecule has 2 aromatic carbocycles. The lowest BCUT2D eigenvalue weighted by Crippen LogP contribution is -2.09. The molecule has 1 unspecified atom stereocenters. The van der Waals surface area contributed by atoms with Gasteiger partial charge in [-0.2, -0.15) is 0 Å². The Hall–Kier alpha value is -2.00. The van der Waals surface area contributed by atoms with E-state index in [9.17, 15) is 4.79 Å². The number of thioether (sulfide) groups is 1. The Morgan fingerprint density at radius 2 is 1.85 bits per heavy atom. The number of hydrogen-bond acceptors (Lipinski definition) is 3. The van der Waals surface area contributed by atoms with Crippen molar-refractivity contribution in [2.45, 2.75) is 10.8 Å². The number of carbonyl (C=O) groups excluding carboxylic acids is 1. The first-order chi connectivity index (χ1) is 9.81. The summed E-state index contributed by atoms with van der Waals surface area (Å²) in [5, 5.41) is 0. The summed E-state index contributed by atoms with van der Waals surface area (Å²) in [6.45, 7) is 0. The highest BCUT2D eigenvalue weighted by Gasteiger charge is 2.21. The van der Waals surface area contributed by atoms with Crippen molar-refractivity contribution in [2.24, 2.45) is 0 Å². The van der Waals surface area contributed by atoms with Crippen molar-refractivity contribution in [1.82, 2.24) is 0 Å². The Balaban J connectivity index is 1.98. The molecule has 0 spiro atoms. The van der Waals surface area contributed by atoms with Gasteiger partial charge in [0.1, 0.15) is 17.8 Å². The molecule has 0 bridgehead atoms. The van der Waals surface area contributed by atoms with E-state index in [1.807, 2.05) is 48.7 Å². The van der Waals surface area contributed by atoms with Gasteiger partial charge in [0.25, 0.3) is 0 Å². The first-order valence-electron chi connectivity index (χ1n) is 6.40. The second-order valence-electron chi connectivity index (χ2n) is 4.56. The summed E-state index contributed by atoms with van der Waals surface area (Å²) in [4.78, 5) is 12.5. The Morgan fingerprint density at radius 1 is 1.10 bits per heavy atom. The molecule has 1 aliphatic heterocycles. The van der Waals surface area contributed by atoms with Crippen LogP contribution in [0.15, 0.2) is 59.5 Å². The number of hydrogen-bond donors (Lipinski definition) is 0. The lowest BCUT2D eigenvalue weighted by molar-refractivity contribution is -0.108. The van der Waals surface area contributed by atoms with E-state index in [0.717, 1.165) is 28.9 Å². The molecule has 3 rings (SSSR count). The summed E-state index contributed by atoms with van der Waals surface area (Å²) in [6.07, 6.45) is 4.88. The Morgan fingerprint density at radius 3 is 2.55 bits per heavy atom. The smallest absolute Gasteiger partial charge is 0.131 e. The average molecular weight is 282 g/mol. The van der Waals surface area contributed by atoms with Crippen molar-refractivity contribution in [3.8, 4) is 5.75 Å². The van der Waals surface area contributed by atoms with Crippen LogP contribution in [-0.2, 0) is 4.79 Å². The summed E-state index contributed by atoms with van der Waals surface area (Å²) in [5.74, 6) is 1.26. The third kappa shape index (κ3) is 2.37. The maximum atomic E-state index is 11.3. The molecule has 2 nitrogen and oxygen atoms in total. The molecule has 0 aromatic heterocycles. The first-order valence-corrected chi connectivity index (χ1v) is 7.62. The number of fused-ring (bicyclic) bond motifs is 1. The zero-order valence-corrected chi connectivity index (χ0v) is 11.9. The molecule has 100 valence electrons. The molecule has 2 aromatic rings. The van der Waals surface area contributed by atoms with Gasteiger partial charge >= 0.3 is 0 Å². The third-order valence-electron chi connectivity index (χ3n) is 3.35. The van der Waals surface area contributed by atoms with Gasteiger partial charge in [-0.05, 0) is 30.5 Å². The number of carbonyl (C=O) groups is 1. The molecule has 0 amide bonds. The zero-order chi connectivity index (χ0) is 13.9. The Bertz CT molecular complexity index is 659. The predicted octanol–water partition coefficient (Wildman–Crippen LogP) is 4.12. The summed E-state index contributed by atoms with van der Waals surface area (Å²) in [7, 11) is 0. The number of rotatable bonds is 3. The van der Waals surface area contributed by atoms with E-state index in [2.05, 4.69) is 12.1 Å². The van der Waals surface area contributed by atoms with Crippen LogP contribution in [0.3, 0.4) is 0 Å². The highest BCUT2D eigenvalue weighted by molar-refractivity contribution is 7.98. The maximum absolute atomic E-state index is 11.3. The zero-order valence-electron chi connectivity index (χ0n) is 11.1. The molecule has 1 atom stereocenters. The van der Waals surface area contributed by atoms with Gasteiger partial charge in [-0.15, -0.1) is 11.8 Å². The molecule has 0 fully saturated rings. The Labute approximate surface area is 122 Å². The van der Waals surface area contributed by atoms with Crippen LogP contribution in [0.5, 0.6) is 5.75 Å². The molecule has 0 saturated carbocycles. The monoisotopic (exact) mass is 282 g/mol. The summed E-state index contributed by atoms with van der Waals surface area (Å²) in [5.41, 5.74) is 1.91. The molecule has 1 heterocycles. The van der Waals surface area contributed by atoms with Crippen molar-refractivity contribution in [3.63, 3.8) is 0 Å². The van der Waals surface area contributed by atoms with Gasteiger partial charge in [-0.1, -0.05) is 30.3 Å². The van der Waals surface area contributed by atoms with Crippen LogP contribution in [0, 0.1) is 0 Å². The van der Waals surface area contributed by atoms with E-state index in [0.29, 0.717) is 0 Å². The number of benzene rings is 2. The van der Waals surface area contributed by atoms with E-state index in [1.54, 1.807) is 11.8 Å². The number of aldehydes is 1. The fourth-order valence-corrected chi connectivity index (χ4v) is 2.69. The highest BCUT2D eigenvalue weighted by atomic mass is 32.2. The molecule has 0 N–H and O–H groups in total. The van der Waals surface area contributed by atoms with E-state index < -0.39 is 0 Å². The minimum Gasteiger partial charge on any atom is -0.457 e. The van der Waals surface area contributed by atoms with Crippen molar-refractivity contribution >= 4 is 23.8 Å². The van der Waals surface area contributed by atoms with Crippen molar-refractivity contribution in [1.29, 1.82) is 0 Å². The van der Waals surface area contributed by atoms with Gasteiger partial charge in [0.2, 0.25) is 0 Å². The third-order valence-corrected chi connectivity index (χ3v) is 4.09. The molecule has 0 aliphatic carbocycles. The lowest BCUT2D eigenvalue weighted by atomic mass is 9.95. The molecule has 0 saturated heterocycles. The number of allylic oxidation sites excluding steroid dienone is 1. The largest absolute Gasteiger partial charge is 0.457 e. The first kappa shape index (κ1) is 13.0. The van der Waals surface area contributed by atoms with Crippen LogP contribution in [0.25, 0.3) is 5.76 Å². The SMILES string of the molecule is CSc1ccc(C2=CC(C=O)c3ccccc3O2)cc1. The van der Waals surface area contributed by atoms with Gasteiger partial charge in [-0.25, -0.2) is 0 Å². The normalized spacial score (nSPS) is 16.9. The van der Waals surface area contributed by atoms with Gasteiger partial charge in [0, 0.05) is 16.0 Å². The molecule has 0 radical (unpaired) electrons. The summed E-state index contributed by atoms with van der Waals surface area (Å²) < 4.78 is 5.92. The molecule has 1 aliphatic rings. The van der Waals surface area contributed by atoms with Gasteiger partial charge in [0.15, 0.2) is 0 Å². The molecular formula is C17H14O2S. The van der Waals surface area contributed by atoms with Gasteiger partial charge in [0.05, 0.1) is 5.92 Å². The lowest BCUT2D eigenvalue weighted by Gasteiger charge is -2.22. The van der Waals surface area contributed by atoms with Crippen LogP contribution in [0.4, 0.5) is 0 Å². The van der Waals surface area contributed by atoms with Gasteiger partial charge in [-0.3, -0.25) is 0 Å².